The summed E-state index contributed by atoms with van der Waals surface area (Å²) in [7, 11) is 3.22. The number of methoxy groups -OCH3 is 2. The van der Waals surface area contributed by atoms with Crippen LogP contribution in [0, 0.1) is 0 Å². The van der Waals surface area contributed by atoms with E-state index in [1.54, 1.807) is 54.4 Å². The third-order valence-electron chi connectivity index (χ3n) is 4.73. The number of hydrogen-bond donors (Lipinski definition) is 0. The van der Waals surface area contributed by atoms with Crippen LogP contribution in [-0.2, 0) is 12.3 Å². The number of aromatic nitrogens is 3. The summed E-state index contributed by atoms with van der Waals surface area (Å²) < 4.78 is 12.3. The third-order valence-corrected chi connectivity index (χ3v) is 6.91. The monoisotopic (exact) mass is 485 g/mol. The number of thiazole rings is 1. The second-order valence-corrected chi connectivity index (χ2v) is 9.00. The molecule has 0 aliphatic rings. The van der Waals surface area contributed by atoms with E-state index in [9.17, 15) is 4.79 Å². The summed E-state index contributed by atoms with van der Waals surface area (Å²) in [6.07, 6.45) is 1.69. The fraction of sp³-hybridized carbons (Fsp3) is 0.174. The molecule has 2 aromatic carbocycles. The molecule has 0 fully saturated rings. The molecule has 0 unspecified atom stereocenters. The van der Waals surface area contributed by atoms with Crippen molar-refractivity contribution in [1.82, 2.24) is 14.5 Å². The van der Waals surface area contributed by atoms with Crippen LogP contribution < -0.4 is 15.0 Å². The molecule has 0 atom stereocenters. The number of nitrogens with zero attached hydrogens (tertiary/aromatic N) is 3. The van der Waals surface area contributed by atoms with E-state index in [1.807, 2.05) is 23.6 Å². The molecular formula is C23H20ClN3O3S2. The van der Waals surface area contributed by atoms with Crippen LogP contribution in [0.4, 0.5) is 0 Å². The standard InChI is InChI=1S/C23H20ClN3O3S2/c1-4-9-27-22(28)17-7-6-15(24)11-18(17)26-23(27)32-13-16-12-31-21(25-16)14-5-8-19(29-2)20(10-14)30-3/h4-8,10-12H,1,9,13H2,2-3H3. The number of thioether (sulfide) groups is 1. The van der Waals surface area contributed by atoms with Gasteiger partial charge in [-0.15, -0.1) is 17.9 Å². The van der Waals surface area contributed by atoms with Crippen molar-refractivity contribution in [2.45, 2.75) is 17.5 Å². The molecule has 2 aromatic heterocycles. The molecule has 6 nitrogen and oxygen atoms in total. The van der Waals surface area contributed by atoms with Crippen LogP contribution in [0.5, 0.6) is 11.5 Å². The zero-order chi connectivity index (χ0) is 22.7. The summed E-state index contributed by atoms with van der Waals surface area (Å²) in [6, 6.07) is 10.8. The first-order chi connectivity index (χ1) is 15.5. The Balaban J connectivity index is 1.61. The average molecular weight is 486 g/mol. The van der Waals surface area contributed by atoms with E-state index in [4.69, 9.17) is 26.1 Å². The van der Waals surface area contributed by atoms with E-state index in [0.717, 1.165) is 16.3 Å². The van der Waals surface area contributed by atoms with Gasteiger partial charge in [0.05, 0.1) is 30.8 Å². The van der Waals surface area contributed by atoms with Gasteiger partial charge in [-0.2, -0.15) is 0 Å². The first kappa shape index (κ1) is 22.4. The van der Waals surface area contributed by atoms with E-state index < -0.39 is 0 Å². The van der Waals surface area contributed by atoms with Crippen molar-refractivity contribution in [2.24, 2.45) is 0 Å². The van der Waals surface area contributed by atoms with Gasteiger partial charge in [0.15, 0.2) is 16.7 Å². The highest BCUT2D eigenvalue weighted by molar-refractivity contribution is 7.98. The van der Waals surface area contributed by atoms with Crippen LogP contribution in [0.1, 0.15) is 5.69 Å². The second kappa shape index (κ2) is 9.77. The molecule has 2 heterocycles. The topological polar surface area (TPSA) is 66.2 Å². The van der Waals surface area contributed by atoms with E-state index in [0.29, 0.717) is 44.9 Å². The number of rotatable bonds is 8. The maximum Gasteiger partial charge on any atom is 0.262 e. The van der Waals surface area contributed by atoms with E-state index >= 15 is 0 Å². The van der Waals surface area contributed by atoms with Crippen molar-refractivity contribution in [3.63, 3.8) is 0 Å². The van der Waals surface area contributed by atoms with Crippen LogP contribution in [0.3, 0.4) is 0 Å². The second-order valence-electron chi connectivity index (χ2n) is 6.76. The van der Waals surface area contributed by atoms with Gasteiger partial charge in [-0.25, -0.2) is 9.97 Å². The molecule has 0 saturated heterocycles. The van der Waals surface area contributed by atoms with Crippen LogP contribution in [0.2, 0.25) is 5.02 Å². The van der Waals surface area contributed by atoms with Crippen molar-refractivity contribution in [1.29, 1.82) is 0 Å². The molecule has 0 aliphatic heterocycles. The first-order valence-electron chi connectivity index (χ1n) is 9.64. The zero-order valence-corrected chi connectivity index (χ0v) is 19.9. The molecular weight excluding hydrogens is 466 g/mol. The zero-order valence-electron chi connectivity index (χ0n) is 17.5. The van der Waals surface area contributed by atoms with Gasteiger partial charge in [0.2, 0.25) is 0 Å². The number of halogens is 1. The van der Waals surface area contributed by atoms with Crippen LogP contribution >= 0.6 is 34.7 Å². The summed E-state index contributed by atoms with van der Waals surface area (Å²) in [5, 5.41) is 4.56. The van der Waals surface area contributed by atoms with Gasteiger partial charge >= 0.3 is 0 Å². The Morgan fingerprint density at radius 3 is 2.72 bits per heavy atom. The third kappa shape index (κ3) is 4.53. The molecule has 0 aliphatic carbocycles. The summed E-state index contributed by atoms with van der Waals surface area (Å²) in [5.41, 5.74) is 2.31. The molecule has 164 valence electrons. The Labute approximate surface area is 198 Å². The van der Waals surface area contributed by atoms with Crippen molar-refractivity contribution >= 4 is 45.6 Å². The minimum absolute atomic E-state index is 0.113. The van der Waals surface area contributed by atoms with Crippen molar-refractivity contribution in [3.8, 4) is 22.1 Å². The molecule has 4 rings (SSSR count). The maximum absolute atomic E-state index is 12.9. The minimum atomic E-state index is -0.113. The quantitative estimate of drug-likeness (QED) is 0.182. The number of benzene rings is 2. The Hall–Kier alpha value is -2.81. The van der Waals surface area contributed by atoms with Crippen LogP contribution in [-0.4, -0.2) is 28.8 Å². The molecule has 0 N–H and O–H groups in total. The Bertz CT molecular complexity index is 1350. The van der Waals surface area contributed by atoms with E-state index in [-0.39, 0.29) is 5.56 Å². The van der Waals surface area contributed by atoms with Gasteiger partial charge in [-0.3, -0.25) is 9.36 Å². The molecule has 0 radical (unpaired) electrons. The van der Waals surface area contributed by atoms with Crippen molar-refractivity contribution < 1.29 is 9.47 Å². The number of fused-ring (bicyclic) bond motifs is 1. The lowest BCUT2D eigenvalue weighted by atomic mass is 10.2. The Morgan fingerprint density at radius 2 is 1.97 bits per heavy atom. The molecule has 0 spiro atoms. The number of hydrogen-bond acceptors (Lipinski definition) is 7. The number of allylic oxidation sites excluding steroid dienone is 1. The lowest BCUT2D eigenvalue weighted by Crippen LogP contribution is -2.22. The van der Waals surface area contributed by atoms with Gasteiger partial charge in [0.1, 0.15) is 5.01 Å². The number of ether oxygens (including phenoxy) is 2. The fourth-order valence-electron chi connectivity index (χ4n) is 3.19. The smallest absolute Gasteiger partial charge is 0.262 e. The van der Waals surface area contributed by atoms with Gasteiger partial charge in [-0.05, 0) is 36.4 Å². The summed E-state index contributed by atoms with van der Waals surface area (Å²) in [6.45, 7) is 4.14. The molecule has 32 heavy (non-hydrogen) atoms. The molecule has 0 bridgehead atoms. The first-order valence-corrected chi connectivity index (χ1v) is 11.9. The largest absolute Gasteiger partial charge is 0.493 e. The molecule has 0 saturated carbocycles. The highest BCUT2D eigenvalue weighted by Crippen LogP contribution is 2.34. The predicted octanol–water partition coefficient (Wildman–Crippen LogP) is 5.67. The SMILES string of the molecule is C=CCn1c(SCc2csc(-c3ccc(OC)c(OC)c3)n2)nc2cc(Cl)ccc2c1=O. The van der Waals surface area contributed by atoms with Crippen molar-refractivity contribution in [3.05, 3.63) is 75.5 Å². The van der Waals surface area contributed by atoms with Crippen molar-refractivity contribution in [2.75, 3.05) is 14.2 Å². The maximum atomic E-state index is 12.9. The molecule has 0 amide bonds. The summed E-state index contributed by atoms with van der Waals surface area (Å²) in [4.78, 5) is 22.4. The average Bonchev–Trinajstić information content (AvgIpc) is 3.28. The summed E-state index contributed by atoms with van der Waals surface area (Å²) >= 11 is 9.11. The van der Waals surface area contributed by atoms with Gasteiger partial charge in [0.25, 0.3) is 5.56 Å². The summed E-state index contributed by atoms with van der Waals surface area (Å²) in [5.74, 6) is 1.90. The molecule has 4 aromatic rings. The Morgan fingerprint density at radius 1 is 1.16 bits per heavy atom. The van der Waals surface area contributed by atoms with Gasteiger partial charge < -0.3 is 9.47 Å². The van der Waals surface area contributed by atoms with Crippen LogP contribution in [0.25, 0.3) is 21.5 Å². The highest BCUT2D eigenvalue weighted by atomic mass is 35.5. The fourth-order valence-corrected chi connectivity index (χ4v) is 5.18. The normalized spacial score (nSPS) is 11.0. The van der Waals surface area contributed by atoms with E-state index in [1.165, 1.54) is 11.8 Å². The highest BCUT2D eigenvalue weighted by Gasteiger charge is 2.14. The van der Waals surface area contributed by atoms with Gasteiger partial charge in [0, 0.05) is 28.3 Å². The Kier molecular flexibility index (Phi) is 6.83. The lowest BCUT2D eigenvalue weighted by molar-refractivity contribution is 0.355. The minimum Gasteiger partial charge on any atom is -0.493 e. The van der Waals surface area contributed by atoms with Gasteiger partial charge in [-0.1, -0.05) is 29.4 Å². The lowest BCUT2D eigenvalue weighted by Gasteiger charge is -2.11. The van der Waals surface area contributed by atoms with Crippen LogP contribution in [0.15, 0.2) is 64.4 Å². The van der Waals surface area contributed by atoms with E-state index in [2.05, 4.69) is 11.6 Å². The molecule has 9 heteroatoms. The predicted molar refractivity (Wildman–Crippen MR) is 131 cm³/mol.